The minimum atomic E-state index is -5.96. The molecule has 0 aromatic rings. The van der Waals surface area contributed by atoms with E-state index in [1.165, 1.54) is 0 Å². The zero-order valence-corrected chi connectivity index (χ0v) is 10.4. The highest BCUT2D eigenvalue weighted by molar-refractivity contribution is 7.48. The van der Waals surface area contributed by atoms with Crippen molar-refractivity contribution in [1.29, 1.82) is 0 Å². The molecule has 0 heterocycles. The van der Waals surface area contributed by atoms with Gasteiger partial charge in [0.05, 0.1) is 22.9 Å². The maximum absolute atomic E-state index is 13.2. The van der Waals surface area contributed by atoms with Gasteiger partial charge in [0.15, 0.2) is 0 Å². The summed E-state index contributed by atoms with van der Waals surface area (Å²) in [4.78, 5) is 0. The molecule has 0 aliphatic rings. The Labute approximate surface area is 127 Å². The van der Waals surface area contributed by atoms with E-state index in [4.69, 9.17) is 25.1 Å². The summed E-state index contributed by atoms with van der Waals surface area (Å²) in [6, 6.07) is 0. The van der Waals surface area contributed by atoms with Crippen molar-refractivity contribution in [2.45, 2.75) is 72.2 Å². The average molecular weight is 281 g/mol. The minimum Gasteiger partial charge on any atom is -0.287 e. The van der Waals surface area contributed by atoms with Crippen LogP contribution < -0.4 is 0 Å². The lowest BCUT2D eigenvalue weighted by Gasteiger charge is -2.21. The fourth-order valence-electron chi connectivity index (χ4n) is 0.907. The molecule has 0 radical (unpaired) electrons. The summed E-state index contributed by atoms with van der Waals surface area (Å²) in [6.45, 7) is -15.4. The molecule has 0 amide bonds. The Morgan fingerprint density at radius 2 is 1.76 bits per heavy atom. The number of hydrogen-bond donors (Lipinski definition) is 0. The topological polar surface area (TPSA) is 44.8 Å². The van der Waals surface area contributed by atoms with Crippen LogP contribution in [0.4, 0.5) is 0 Å². The maximum Gasteiger partial charge on any atom is 0.475 e. The Bertz CT molecular complexity index is 581. The van der Waals surface area contributed by atoms with Gasteiger partial charge < -0.3 is 0 Å². The molecule has 17 heavy (non-hydrogen) atoms. The molecule has 0 rings (SSSR count). The molecule has 0 aliphatic heterocycles. The second kappa shape index (κ2) is 9.09. The predicted octanol–water partition coefficient (Wildman–Crippen LogP) is 4.54. The van der Waals surface area contributed by atoms with Crippen LogP contribution in [0.25, 0.3) is 0 Å². The molecule has 0 unspecified atom stereocenters. The summed E-state index contributed by atoms with van der Waals surface area (Å²) in [5, 5.41) is 0. The molecule has 0 saturated heterocycles. The van der Waals surface area contributed by atoms with E-state index in [2.05, 4.69) is 9.05 Å². The van der Waals surface area contributed by atoms with Crippen molar-refractivity contribution in [1.82, 2.24) is 0 Å². The summed E-state index contributed by atoms with van der Waals surface area (Å²) in [5.41, 5.74) is 0. The van der Waals surface area contributed by atoms with E-state index in [0.29, 0.717) is 19.3 Å². The van der Waals surface area contributed by atoms with Crippen LogP contribution >= 0.6 is 7.82 Å². The van der Waals surface area contributed by atoms with Crippen LogP contribution in [0.2, 0.25) is 0 Å². The fourth-order valence-corrected chi connectivity index (χ4v) is 1.77. The van der Waals surface area contributed by atoms with E-state index in [0.717, 1.165) is 0 Å². The molecule has 0 N–H and O–H groups in total. The van der Waals surface area contributed by atoms with E-state index in [1.807, 2.05) is 6.92 Å². The highest BCUT2D eigenvalue weighted by atomic mass is 31.2. The lowest BCUT2D eigenvalue weighted by atomic mass is 10.2. The number of hydrogen-bond acceptors (Lipinski definition) is 4. The molecule has 5 heteroatoms. The van der Waals surface area contributed by atoms with Crippen molar-refractivity contribution in [2.75, 3.05) is 6.58 Å². The first kappa shape index (κ1) is 4.59. The van der Waals surface area contributed by atoms with Crippen LogP contribution in [0.5, 0.6) is 0 Å². The smallest absolute Gasteiger partial charge is 0.287 e. The van der Waals surface area contributed by atoms with Crippen molar-refractivity contribution >= 4 is 7.82 Å². The normalized spacial score (nSPS) is 31.7. The van der Waals surface area contributed by atoms with E-state index < -0.39 is 54.0 Å². The third kappa shape index (κ3) is 9.78. The Morgan fingerprint density at radius 3 is 2.24 bits per heavy atom. The summed E-state index contributed by atoms with van der Waals surface area (Å²) in [5.74, 6) is 0. The van der Waals surface area contributed by atoms with Gasteiger partial charge in [0, 0.05) is 16.4 Å². The lowest BCUT2D eigenvalue weighted by molar-refractivity contribution is 0.0713. The van der Waals surface area contributed by atoms with Crippen molar-refractivity contribution in [3.8, 4) is 0 Å². The van der Waals surface area contributed by atoms with Crippen molar-refractivity contribution in [3.05, 3.63) is 0 Å². The first-order chi connectivity index (χ1) is 13.9. The van der Waals surface area contributed by atoms with Gasteiger partial charge in [0.1, 0.15) is 0 Å². The molecule has 0 bridgehead atoms. The van der Waals surface area contributed by atoms with Gasteiger partial charge in [-0.3, -0.25) is 13.6 Å². The van der Waals surface area contributed by atoms with Gasteiger partial charge in [-0.25, -0.2) is 4.57 Å². The highest BCUT2D eigenvalue weighted by Gasteiger charge is 2.29. The van der Waals surface area contributed by atoms with Gasteiger partial charge in [-0.1, -0.05) is 26.2 Å². The largest absolute Gasteiger partial charge is 0.475 e. The Hall–Kier alpha value is 0.110. The summed E-state index contributed by atoms with van der Waals surface area (Å²) in [7, 11) is -5.96. The second-order valence-corrected chi connectivity index (χ2v) is 4.53. The van der Waals surface area contributed by atoms with Crippen molar-refractivity contribution in [3.63, 3.8) is 0 Å². The van der Waals surface area contributed by atoms with Crippen LogP contribution in [0.3, 0.4) is 0 Å². The third-order valence-corrected chi connectivity index (χ3v) is 2.75. The van der Waals surface area contributed by atoms with E-state index >= 15 is 0 Å². The molecule has 0 fully saturated rings. The molecule has 0 spiro atoms. The number of phosphoric ester groups is 1. The molecule has 0 aliphatic carbocycles. The standard InChI is InChI=1S/C12H27O4P/c1-6-7-8-9-10-14-17(13,15-11(2)3)16-12(4)5/h11-12H,6-10H2,1-5H3/i2D3,3D3,4D3,5D3,10D,11D,12D/t10-/m0/s1. The number of unbranched alkanes of at least 4 members (excludes halogenated alkanes) is 2. The zero-order chi connectivity index (χ0) is 26.0. The predicted molar refractivity (Wildman–Crippen MR) is 70.1 cm³/mol. The lowest BCUT2D eigenvalue weighted by Crippen LogP contribution is -2.10. The van der Waals surface area contributed by atoms with Crippen LogP contribution in [-0.4, -0.2) is 18.7 Å². The first-order valence-corrected chi connectivity index (χ1v) is 6.45. The van der Waals surface area contributed by atoms with Crippen molar-refractivity contribution in [2.24, 2.45) is 0 Å². The SMILES string of the molecule is [2H][C@@H](CCCCC)OP(=O)(OC([2H])(C([2H])([2H])[2H])C([2H])([2H])[2H])OC([2H])(C([2H])([2H])[2H])C([2H])([2H])[2H]. The number of rotatable bonds is 10. The number of phosphoric acid groups is 1. The Balaban J connectivity index is 6.53. The molecular formula is C12H27O4P. The van der Waals surface area contributed by atoms with Crippen LogP contribution in [0.1, 0.15) is 80.6 Å². The summed E-state index contributed by atoms with van der Waals surface area (Å²) in [6.07, 6.45) is -6.70. The highest BCUT2D eigenvalue weighted by Crippen LogP contribution is 2.51. The summed E-state index contributed by atoms with van der Waals surface area (Å²) < 4.78 is 138. The first-order valence-electron chi connectivity index (χ1n) is 12.6. The van der Waals surface area contributed by atoms with Crippen LogP contribution in [0.15, 0.2) is 0 Å². The molecule has 0 saturated carbocycles. The second-order valence-electron chi connectivity index (χ2n) is 3.06. The van der Waals surface area contributed by atoms with Crippen LogP contribution in [0, 0.1) is 0 Å². The van der Waals surface area contributed by atoms with Crippen LogP contribution in [-0.2, 0) is 18.1 Å². The van der Waals surface area contributed by atoms with Gasteiger partial charge in [0.2, 0.25) is 0 Å². The maximum atomic E-state index is 13.2. The van der Waals surface area contributed by atoms with Crippen molar-refractivity contribution < 1.29 is 38.7 Å². The molecular weight excluding hydrogens is 239 g/mol. The quantitative estimate of drug-likeness (QED) is 0.435. The molecule has 104 valence electrons. The summed E-state index contributed by atoms with van der Waals surface area (Å²) >= 11 is 0. The molecule has 0 aromatic carbocycles. The Morgan fingerprint density at radius 1 is 1.18 bits per heavy atom. The van der Waals surface area contributed by atoms with E-state index in [-0.39, 0.29) is 6.42 Å². The Kier molecular flexibility index (Phi) is 2.45. The average Bonchev–Trinajstić information content (AvgIpc) is 2.50. The van der Waals surface area contributed by atoms with E-state index in [1.54, 1.807) is 0 Å². The van der Waals surface area contributed by atoms with Gasteiger partial charge in [-0.05, 0) is 33.8 Å². The van der Waals surface area contributed by atoms with Gasteiger partial charge in [-0.2, -0.15) is 0 Å². The molecule has 4 nitrogen and oxygen atoms in total. The zero-order valence-electron chi connectivity index (χ0n) is 24.5. The monoisotopic (exact) mass is 281 g/mol. The third-order valence-electron chi connectivity index (χ3n) is 1.54. The van der Waals surface area contributed by atoms with Gasteiger partial charge in [-0.15, -0.1) is 0 Å². The van der Waals surface area contributed by atoms with Gasteiger partial charge in [0.25, 0.3) is 0 Å². The minimum absolute atomic E-state index is 0.191. The molecule has 0 aromatic heterocycles. The van der Waals surface area contributed by atoms with Gasteiger partial charge >= 0.3 is 7.82 Å². The fraction of sp³-hybridized carbons (Fsp3) is 1.00. The molecule has 1 atom stereocenters. The van der Waals surface area contributed by atoms with E-state index in [9.17, 15) is 4.57 Å².